The predicted molar refractivity (Wildman–Crippen MR) is 132 cm³/mol. The first-order valence-corrected chi connectivity index (χ1v) is 11.1. The molecule has 5 rings (SSSR count). The van der Waals surface area contributed by atoms with Gasteiger partial charge < -0.3 is 15.6 Å². The number of carbonyl (C=O) groups excluding carboxylic acids is 1. The Balaban J connectivity index is 1.45. The summed E-state index contributed by atoms with van der Waals surface area (Å²) >= 11 is 0. The van der Waals surface area contributed by atoms with Gasteiger partial charge in [0.25, 0.3) is 5.91 Å². The first-order valence-electron chi connectivity index (χ1n) is 10.5. The molecule has 0 aliphatic carbocycles. The lowest BCUT2D eigenvalue weighted by atomic mass is 10.2. The van der Waals surface area contributed by atoms with E-state index < -0.39 is 0 Å². The summed E-state index contributed by atoms with van der Waals surface area (Å²) in [4.78, 5) is 21.2. The fraction of sp³-hybridized carbons (Fsp3) is 0.0417. The standard InChI is InChI=1S/C24H19FN7O2P/c25-17-7-2-1-4-15(17)13-32-21(18-8-9-34-31-18)11-19(30-32)23-27-12-20(22(26)29-23)28-24(33)14-5-3-6-16(35)10-14/h1-12H,13,35H2,(H,28,33)(H2,26,27,29). The number of nitrogens with one attached hydrogen (secondary N) is 1. The van der Waals surface area contributed by atoms with Crippen LogP contribution in [0.15, 0.2) is 77.6 Å². The van der Waals surface area contributed by atoms with Crippen LogP contribution in [0.3, 0.4) is 0 Å². The molecule has 1 amide bonds. The Hall–Kier alpha value is -4.43. The third-order valence-corrected chi connectivity index (χ3v) is 5.56. The van der Waals surface area contributed by atoms with Crippen LogP contribution in [0.4, 0.5) is 15.9 Å². The second kappa shape index (κ2) is 9.44. The van der Waals surface area contributed by atoms with Crippen LogP contribution in [-0.4, -0.2) is 30.8 Å². The van der Waals surface area contributed by atoms with Gasteiger partial charge >= 0.3 is 0 Å². The molecule has 0 radical (unpaired) electrons. The lowest BCUT2D eigenvalue weighted by Crippen LogP contribution is -2.15. The number of carbonyl (C=O) groups is 1. The number of nitrogen functional groups attached to an aromatic ring is 1. The molecule has 3 heterocycles. The molecule has 9 nitrogen and oxygen atoms in total. The zero-order chi connectivity index (χ0) is 24.4. The maximum atomic E-state index is 14.3. The molecule has 0 spiro atoms. The van der Waals surface area contributed by atoms with Gasteiger partial charge in [0.2, 0.25) is 0 Å². The Kier molecular flexibility index (Phi) is 6.03. The van der Waals surface area contributed by atoms with Crippen molar-refractivity contribution in [3.8, 4) is 22.9 Å². The van der Waals surface area contributed by atoms with Crippen molar-refractivity contribution in [1.82, 2.24) is 24.9 Å². The lowest BCUT2D eigenvalue weighted by Gasteiger charge is -2.08. The molecule has 5 aromatic rings. The minimum atomic E-state index is -0.344. The zero-order valence-corrected chi connectivity index (χ0v) is 19.4. The number of amides is 1. The van der Waals surface area contributed by atoms with Crippen molar-refractivity contribution >= 4 is 32.0 Å². The minimum Gasteiger partial charge on any atom is -0.382 e. The summed E-state index contributed by atoms with van der Waals surface area (Å²) in [6, 6.07) is 16.9. The van der Waals surface area contributed by atoms with E-state index >= 15 is 0 Å². The summed E-state index contributed by atoms with van der Waals surface area (Å²) in [6.45, 7) is 0.160. The number of aromatic nitrogens is 5. The highest BCUT2D eigenvalue weighted by Gasteiger charge is 2.18. The van der Waals surface area contributed by atoms with E-state index in [0.29, 0.717) is 28.2 Å². The van der Waals surface area contributed by atoms with Gasteiger partial charge in [-0.2, -0.15) is 5.10 Å². The third-order valence-electron chi connectivity index (χ3n) is 5.20. The molecule has 3 aromatic heterocycles. The van der Waals surface area contributed by atoms with E-state index in [1.807, 2.05) is 6.07 Å². The van der Waals surface area contributed by atoms with Crippen molar-refractivity contribution in [2.24, 2.45) is 0 Å². The van der Waals surface area contributed by atoms with Gasteiger partial charge in [0.05, 0.1) is 18.4 Å². The van der Waals surface area contributed by atoms with E-state index in [1.54, 1.807) is 53.2 Å². The second-order valence-electron chi connectivity index (χ2n) is 7.62. The number of anilines is 2. The van der Waals surface area contributed by atoms with E-state index in [0.717, 1.165) is 5.30 Å². The molecule has 0 aliphatic rings. The quantitative estimate of drug-likeness (QED) is 0.351. The Morgan fingerprint density at radius 1 is 1.11 bits per heavy atom. The molecular formula is C24H19FN7O2P. The topological polar surface area (TPSA) is 125 Å². The van der Waals surface area contributed by atoms with Crippen molar-refractivity contribution in [2.75, 3.05) is 11.1 Å². The monoisotopic (exact) mass is 487 g/mol. The Morgan fingerprint density at radius 3 is 2.71 bits per heavy atom. The molecule has 3 N–H and O–H groups in total. The van der Waals surface area contributed by atoms with Crippen LogP contribution in [0.25, 0.3) is 22.9 Å². The summed E-state index contributed by atoms with van der Waals surface area (Å²) < 4.78 is 20.8. The number of halogens is 1. The summed E-state index contributed by atoms with van der Waals surface area (Å²) in [5.41, 5.74) is 8.84. The van der Waals surface area contributed by atoms with Crippen LogP contribution >= 0.6 is 9.24 Å². The van der Waals surface area contributed by atoms with Crippen molar-refractivity contribution in [3.63, 3.8) is 0 Å². The first-order chi connectivity index (χ1) is 17.0. The van der Waals surface area contributed by atoms with Crippen molar-refractivity contribution in [3.05, 3.63) is 90.1 Å². The van der Waals surface area contributed by atoms with Gasteiger partial charge in [-0.05, 0) is 29.6 Å². The number of rotatable bonds is 6. The van der Waals surface area contributed by atoms with Crippen LogP contribution in [0.2, 0.25) is 0 Å². The number of hydrogen-bond donors (Lipinski definition) is 2. The Bertz CT molecular complexity index is 1520. The molecule has 174 valence electrons. The molecule has 0 bridgehead atoms. The number of nitrogens with two attached hydrogens (primary N) is 1. The van der Waals surface area contributed by atoms with Gasteiger partial charge in [0.1, 0.15) is 29.2 Å². The van der Waals surface area contributed by atoms with E-state index in [1.165, 1.54) is 18.5 Å². The van der Waals surface area contributed by atoms with Crippen molar-refractivity contribution in [2.45, 2.75) is 6.54 Å². The number of nitrogens with zero attached hydrogens (tertiary/aromatic N) is 5. The van der Waals surface area contributed by atoms with E-state index in [2.05, 4.69) is 34.8 Å². The second-order valence-corrected chi connectivity index (χ2v) is 8.29. The average Bonchev–Trinajstić information content (AvgIpc) is 3.52. The zero-order valence-electron chi connectivity index (χ0n) is 18.2. The highest BCUT2D eigenvalue weighted by molar-refractivity contribution is 7.27. The molecule has 1 atom stereocenters. The van der Waals surface area contributed by atoms with Gasteiger partial charge in [0.15, 0.2) is 11.6 Å². The molecule has 0 saturated heterocycles. The van der Waals surface area contributed by atoms with Crippen LogP contribution in [0.5, 0.6) is 0 Å². The van der Waals surface area contributed by atoms with E-state index in [9.17, 15) is 9.18 Å². The van der Waals surface area contributed by atoms with Gasteiger partial charge in [-0.1, -0.05) is 35.5 Å². The van der Waals surface area contributed by atoms with Crippen molar-refractivity contribution in [1.29, 1.82) is 0 Å². The Labute approximate surface area is 201 Å². The molecule has 11 heteroatoms. The highest BCUT2D eigenvalue weighted by atomic mass is 31.0. The minimum absolute atomic E-state index is 0.0806. The molecule has 35 heavy (non-hydrogen) atoms. The number of hydrogen-bond acceptors (Lipinski definition) is 7. The maximum absolute atomic E-state index is 14.3. The summed E-state index contributed by atoms with van der Waals surface area (Å²) in [5.74, 6) is -0.357. The van der Waals surface area contributed by atoms with Crippen LogP contribution < -0.4 is 16.4 Å². The summed E-state index contributed by atoms with van der Waals surface area (Å²) in [6.07, 6.45) is 2.86. The molecule has 1 unspecified atom stereocenters. The normalized spacial score (nSPS) is 10.9. The van der Waals surface area contributed by atoms with Crippen LogP contribution in [0, 0.1) is 5.82 Å². The van der Waals surface area contributed by atoms with E-state index in [-0.39, 0.29) is 35.6 Å². The van der Waals surface area contributed by atoms with Crippen molar-refractivity contribution < 1.29 is 13.7 Å². The highest BCUT2D eigenvalue weighted by Crippen LogP contribution is 2.26. The fourth-order valence-electron chi connectivity index (χ4n) is 3.47. The van der Waals surface area contributed by atoms with Crippen LogP contribution in [-0.2, 0) is 6.54 Å². The number of benzene rings is 2. The smallest absolute Gasteiger partial charge is 0.255 e. The maximum Gasteiger partial charge on any atom is 0.255 e. The summed E-state index contributed by atoms with van der Waals surface area (Å²) in [5, 5.41) is 12.1. The molecule has 0 fully saturated rings. The van der Waals surface area contributed by atoms with Gasteiger partial charge in [-0.25, -0.2) is 14.4 Å². The first kappa shape index (κ1) is 22.4. The molecule has 0 aliphatic heterocycles. The van der Waals surface area contributed by atoms with Gasteiger partial charge in [0, 0.05) is 17.2 Å². The molecule has 2 aromatic carbocycles. The predicted octanol–water partition coefficient (Wildman–Crippen LogP) is 3.52. The van der Waals surface area contributed by atoms with Crippen LogP contribution in [0.1, 0.15) is 15.9 Å². The fourth-order valence-corrected chi connectivity index (χ4v) is 3.77. The molecular weight excluding hydrogens is 468 g/mol. The largest absolute Gasteiger partial charge is 0.382 e. The average molecular weight is 487 g/mol. The van der Waals surface area contributed by atoms with Gasteiger partial charge in [-0.3, -0.25) is 9.48 Å². The lowest BCUT2D eigenvalue weighted by molar-refractivity contribution is 0.102. The van der Waals surface area contributed by atoms with E-state index in [4.69, 9.17) is 10.3 Å². The summed E-state index contributed by atoms with van der Waals surface area (Å²) in [7, 11) is 2.54. The molecule has 0 saturated carbocycles. The van der Waals surface area contributed by atoms with Gasteiger partial charge in [-0.15, -0.1) is 9.24 Å². The Morgan fingerprint density at radius 2 is 1.97 bits per heavy atom. The SMILES string of the molecule is Nc1nc(-c2cc(-c3ccon3)n(Cc3ccccc3F)n2)ncc1NC(=O)c1cccc(P)c1. The third kappa shape index (κ3) is 4.78.